The third-order valence-corrected chi connectivity index (χ3v) is 6.35. The van der Waals surface area contributed by atoms with Gasteiger partial charge < -0.3 is 14.1 Å². The molecule has 1 aliphatic heterocycles. The Hall–Kier alpha value is -4.05. The number of ether oxygens (including phenoxy) is 1. The first-order valence-electron chi connectivity index (χ1n) is 11.0. The van der Waals surface area contributed by atoms with Crippen LogP contribution in [-0.4, -0.2) is 13.0 Å². The second kappa shape index (κ2) is 8.83. The van der Waals surface area contributed by atoms with Crippen LogP contribution in [0.15, 0.2) is 114 Å². The van der Waals surface area contributed by atoms with Gasteiger partial charge in [0.25, 0.3) is 0 Å². The van der Waals surface area contributed by atoms with Gasteiger partial charge in [0.2, 0.25) is 5.91 Å². The van der Waals surface area contributed by atoms with Crippen LogP contribution in [0.3, 0.4) is 0 Å². The highest BCUT2D eigenvalue weighted by molar-refractivity contribution is 6.10. The molecule has 2 atom stereocenters. The summed E-state index contributed by atoms with van der Waals surface area (Å²) in [6.45, 7) is 0. The molecule has 1 fully saturated rings. The highest BCUT2D eigenvalue weighted by atomic mass is 16.5. The van der Waals surface area contributed by atoms with Crippen LogP contribution < -0.4 is 9.64 Å². The summed E-state index contributed by atoms with van der Waals surface area (Å²) in [5.74, 6) is 1.61. The smallest absolute Gasteiger partial charge is 0.241 e. The second-order valence-corrected chi connectivity index (χ2v) is 8.15. The molecule has 33 heavy (non-hydrogen) atoms. The van der Waals surface area contributed by atoms with Gasteiger partial charge in [-0.2, -0.15) is 0 Å². The SMILES string of the molecule is COc1ccc([C@]2(C/C=C/c3ccco3)C(=O)N(c3ccccc3)[C@@H]2c2ccccc2)cc1. The molecule has 1 aromatic heterocycles. The maximum atomic E-state index is 14.1. The number of methoxy groups -OCH3 is 1. The minimum Gasteiger partial charge on any atom is -0.497 e. The Morgan fingerprint density at radius 3 is 2.24 bits per heavy atom. The Bertz CT molecular complexity index is 1230. The normalized spacial score (nSPS) is 20.1. The van der Waals surface area contributed by atoms with E-state index >= 15 is 0 Å². The first-order valence-corrected chi connectivity index (χ1v) is 11.0. The molecule has 2 heterocycles. The quantitative estimate of drug-likeness (QED) is 0.315. The molecule has 0 saturated carbocycles. The minimum atomic E-state index is -0.743. The number of para-hydroxylation sites is 1. The first-order chi connectivity index (χ1) is 16.2. The zero-order valence-electron chi connectivity index (χ0n) is 18.4. The molecule has 0 bridgehead atoms. The summed E-state index contributed by atoms with van der Waals surface area (Å²) in [6, 6.07) is 31.6. The van der Waals surface area contributed by atoms with Crippen LogP contribution in [0.2, 0.25) is 0 Å². The predicted molar refractivity (Wildman–Crippen MR) is 130 cm³/mol. The number of anilines is 1. The van der Waals surface area contributed by atoms with Gasteiger partial charge in [-0.15, -0.1) is 0 Å². The predicted octanol–water partition coefficient (Wildman–Crippen LogP) is 6.42. The molecule has 1 amide bonds. The van der Waals surface area contributed by atoms with Crippen molar-refractivity contribution in [3.8, 4) is 5.75 Å². The fraction of sp³-hybridized carbons (Fsp3) is 0.138. The maximum Gasteiger partial charge on any atom is 0.241 e. The summed E-state index contributed by atoms with van der Waals surface area (Å²) >= 11 is 0. The van der Waals surface area contributed by atoms with Crippen molar-refractivity contribution in [2.75, 3.05) is 12.0 Å². The van der Waals surface area contributed by atoms with E-state index in [1.807, 2.05) is 102 Å². The lowest BCUT2D eigenvalue weighted by molar-refractivity contribution is -0.133. The van der Waals surface area contributed by atoms with Gasteiger partial charge in [0.15, 0.2) is 0 Å². The van der Waals surface area contributed by atoms with Crippen molar-refractivity contribution in [1.82, 2.24) is 0 Å². The van der Waals surface area contributed by atoms with E-state index < -0.39 is 5.41 Å². The van der Waals surface area contributed by atoms with E-state index in [0.29, 0.717) is 6.42 Å². The Labute approximate surface area is 193 Å². The number of β-lactam (4-membered cyclic amide) rings is 1. The summed E-state index contributed by atoms with van der Waals surface area (Å²) in [7, 11) is 1.65. The summed E-state index contributed by atoms with van der Waals surface area (Å²) in [5, 5.41) is 0. The molecule has 0 aliphatic carbocycles. The van der Waals surface area contributed by atoms with Gasteiger partial charge in [0.05, 0.1) is 19.4 Å². The zero-order valence-corrected chi connectivity index (χ0v) is 18.4. The largest absolute Gasteiger partial charge is 0.497 e. The van der Waals surface area contributed by atoms with E-state index in [1.54, 1.807) is 13.4 Å². The van der Waals surface area contributed by atoms with Gasteiger partial charge in [0, 0.05) is 5.69 Å². The van der Waals surface area contributed by atoms with E-state index in [1.165, 1.54) is 0 Å². The number of carbonyl (C=O) groups is 1. The summed E-state index contributed by atoms with van der Waals surface area (Å²) in [5.41, 5.74) is 2.23. The fourth-order valence-electron chi connectivity index (χ4n) is 4.76. The summed E-state index contributed by atoms with van der Waals surface area (Å²) < 4.78 is 10.8. The maximum absolute atomic E-state index is 14.1. The van der Waals surface area contributed by atoms with Gasteiger partial charge >= 0.3 is 0 Å². The standard InChI is InChI=1S/C29H25NO3/c1-32-25-18-16-23(17-19-25)29(20-8-14-26-15-9-21-33-26)27(22-10-4-2-5-11-22)30(28(29)31)24-12-6-3-7-13-24/h2-19,21,27H,20H2,1H3/b14-8+/t27-,29+/m1/s1. The van der Waals surface area contributed by atoms with Crippen LogP contribution in [0.4, 0.5) is 5.69 Å². The number of benzene rings is 3. The molecule has 0 N–H and O–H groups in total. The number of rotatable bonds is 7. The number of nitrogens with zero attached hydrogens (tertiary/aromatic N) is 1. The third-order valence-electron chi connectivity index (χ3n) is 6.35. The highest BCUT2D eigenvalue weighted by Crippen LogP contribution is 2.56. The zero-order chi connectivity index (χ0) is 22.7. The van der Waals surface area contributed by atoms with E-state index in [4.69, 9.17) is 9.15 Å². The Morgan fingerprint density at radius 2 is 1.61 bits per heavy atom. The van der Waals surface area contributed by atoms with Gasteiger partial charge in [-0.1, -0.05) is 66.7 Å². The van der Waals surface area contributed by atoms with Gasteiger partial charge in [-0.05, 0) is 60.0 Å². The molecule has 1 aliphatic rings. The Kier molecular flexibility index (Phi) is 5.57. The molecule has 4 heteroatoms. The molecule has 5 rings (SSSR count). The van der Waals surface area contributed by atoms with Crippen LogP contribution >= 0.6 is 0 Å². The van der Waals surface area contributed by atoms with Crippen LogP contribution in [0, 0.1) is 0 Å². The van der Waals surface area contributed by atoms with Crippen molar-refractivity contribution >= 4 is 17.7 Å². The number of hydrogen-bond acceptors (Lipinski definition) is 3. The molecular weight excluding hydrogens is 410 g/mol. The van der Waals surface area contributed by atoms with Gasteiger partial charge in [-0.25, -0.2) is 0 Å². The molecule has 4 nitrogen and oxygen atoms in total. The molecule has 1 saturated heterocycles. The van der Waals surface area contributed by atoms with Crippen molar-refractivity contribution < 1.29 is 13.9 Å². The molecule has 3 aromatic carbocycles. The van der Waals surface area contributed by atoms with Crippen LogP contribution in [-0.2, 0) is 10.2 Å². The molecule has 0 radical (unpaired) electrons. The Morgan fingerprint density at radius 1 is 0.909 bits per heavy atom. The van der Waals surface area contributed by atoms with Gasteiger partial charge in [0.1, 0.15) is 16.9 Å². The monoisotopic (exact) mass is 435 g/mol. The minimum absolute atomic E-state index is 0.0804. The summed E-state index contributed by atoms with van der Waals surface area (Å²) in [6.07, 6.45) is 6.17. The molecule has 164 valence electrons. The lowest BCUT2D eigenvalue weighted by atomic mass is 9.61. The first kappa shape index (κ1) is 20.8. The second-order valence-electron chi connectivity index (χ2n) is 8.15. The van der Waals surface area contributed by atoms with Crippen molar-refractivity contribution in [3.63, 3.8) is 0 Å². The number of carbonyl (C=O) groups excluding carboxylic acids is 1. The average Bonchev–Trinajstić information content (AvgIpc) is 3.40. The lowest BCUT2D eigenvalue weighted by Crippen LogP contribution is -2.66. The lowest BCUT2D eigenvalue weighted by Gasteiger charge is -2.56. The van der Waals surface area contributed by atoms with Crippen molar-refractivity contribution in [2.45, 2.75) is 17.9 Å². The van der Waals surface area contributed by atoms with Gasteiger partial charge in [-0.3, -0.25) is 4.79 Å². The molecule has 0 spiro atoms. The molecule has 4 aromatic rings. The number of furan rings is 1. The number of allylic oxidation sites excluding steroid dienone is 1. The topological polar surface area (TPSA) is 42.7 Å². The van der Waals surface area contributed by atoms with Crippen molar-refractivity contribution in [2.24, 2.45) is 0 Å². The fourth-order valence-corrected chi connectivity index (χ4v) is 4.76. The molecular formula is C29H25NO3. The van der Waals surface area contributed by atoms with E-state index in [-0.39, 0.29) is 11.9 Å². The van der Waals surface area contributed by atoms with Crippen LogP contribution in [0.5, 0.6) is 5.75 Å². The highest BCUT2D eigenvalue weighted by Gasteiger charge is 2.61. The summed E-state index contributed by atoms with van der Waals surface area (Å²) in [4.78, 5) is 16.0. The molecule has 0 unspecified atom stereocenters. The van der Waals surface area contributed by atoms with E-state index in [0.717, 1.165) is 28.3 Å². The van der Waals surface area contributed by atoms with Crippen molar-refractivity contribution in [1.29, 1.82) is 0 Å². The number of hydrogen-bond donors (Lipinski definition) is 0. The van der Waals surface area contributed by atoms with Crippen molar-refractivity contribution in [3.05, 3.63) is 126 Å². The van der Waals surface area contributed by atoms with E-state index in [9.17, 15) is 4.79 Å². The average molecular weight is 436 g/mol. The van der Waals surface area contributed by atoms with Crippen LogP contribution in [0.1, 0.15) is 29.3 Å². The third kappa shape index (κ3) is 3.64. The number of amides is 1. The van der Waals surface area contributed by atoms with Crippen LogP contribution in [0.25, 0.3) is 6.08 Å². The van der Waals surface area contributed by atoms with E-state index in [2.05, 4.69) is 12.1 Å². The Balaban J connectivity index is 1.64.